The highest BCUT2D eigenvalue weighted by Gasteiger charge is 2.32. The van der Waals surface area contributed by atoms with Crippen LogP contribution in [0.4, 0.5) is 4.39 Å². The Kier molecular flexibility index (Phi) is 4.51. The number of hydrogen-bond acceptors (Lipinski definition) is 4. The minimum absolute atomic E-state index is 0.0456. The van der Waals surface area contributed by atoms with Gasteiger partial charge in [-0.2, -0.15) is 0 Å². The van der Waals surface area contributed by atoms with E-state index < -0.39 is 0 Å². The molecule has 0 amide bonds. The van der Waals surface area contributed by atoms with Crippen molar-refractivity contribution >= 4 is 5.97 Å². The van der Waals surface area contributed by atoms with Gasteiger partial charge in [0.1, 0.15) is 11.9 Å². The topological polar surface area (TPSA) is 32.8 Å². The first-order valence-corrected chi connectivity index (χ1v) is 7.60. The molecular formula is C16H21FN2O2. The minimum atomic E-state index is -0.194. The smallest absolute Gasteiger partial charge is 0.323 e. The molecule has 2 aliphatic heterocycles. The van der Waals surface area contributed by atoms with Crippen LogP contribution in [0.1, 0.15) is 18.4 Å². The van der Waals surface area contributed by atoms with Crippen LogP contribution >= 0.6 is 0 Å². The summed E-state index contributed by atoms with van der Waals surface area (Å²) in [6.45, 7) is 5.17. The van der Waals surface area contributed by atoms with Crippen molar-refractivity contribution in [2.45, 2.75) is 25.4 Å². The van der Waals surface area contributed by atoms with Crippen molar-refractivity contribution in [3.05, 3.63) is 35.6 Å². The average molecular weight is 292 g/mol. The summed E-state index contributed by atoms with van der Waals surface area (Å²) in [5.74, 6) is -0.262. The molecule has 2 heterocycles. The third-order valence-corrected chi connectivity index (χ3v) is 4.29. The van der Waals surface area contributed by atoms with E-state index in [4.69, 9.17) is 4.74 Å². The monoisotopic (exact) mass is 292 g/mol. The number of hydrogen-bond donors (Lipinski definition) is 0. The third kappa shape index (κ3) is 3.60. The summed E-state index contributed by atoms with van der Waals surface area (Å²) in [5.41, 5.74) is 1.13. The standard InChI is InChI=1S/C16H21FN2O2/c17-14-4-2-13(3-5-14)12-18-7-1-8-19(10-9-18)15-6-11-21-16(15)20/h2-5,15H,1,6-12H2. The fourth-order valence-electron chi connectivity index (χ4n) is 3.13. The zero-order chi connectivity index (χ0) is 14.7. The van der Waals surface area contributed by atoms with Gasteiger partial charge in [0.25, 0.3) is 0 Å². The van der Waals surface area contributed by atoms with Gasteiger partial charge in [-0.15, -0.1) is 0 Å². The van der Waals surface area contributed by atoms with Gasteiger partial charge in [0.15, 0.2) is 0 Å². The molecule has 2 aliphatic rings. The average Bonchev–Trinajstić information content (AvgIpc) is 2.77. The maximum atomic E-state index is 12.9. The van der Waals surface area contributed by atoms with Gasteiger partial charge in [-0.1, -0.05) is 12.1 Å². The molecule has 0 aliphatic carbocycles. The Balaban J connectivity index is 1.55. The zero-order valence-corrected chi connectivity index (χ0v) is 12.1. The maximum absolute atomic E-state index is 12.9. The minimum Gasteiger partial charge on any atom is -0.464 e. The maximum Gasteiger partial charge on any atom is 0.323 e. The summed E-state index contributed by atoms with van der Waals surface area (Å²) in [6.07, 6.45) is 1.86. The molecule has 0 spiro atoms. The predicted octanol–water partition coefficient (Wildman–Crippen LogP) is 1.65. The van der Waals surface area contributed by atoms with Crippen LogP contribution in [0, 0.1) is 5.82 Å². The number of benzene rings is 1. The summed E-state index contributed by atoms with van der Waals surface area (Å²) < 4.78 is 18.0. The number of rotatable bonds is 3. The van der Waals surface area contributed by atoms with Crippen molar-refractivity contribution in [2.75, 3.05) is 32.8 Å². The Hall–Kier alpha value is -1.46. The quantitative estimate of drug-likeness (QED) is 0.793. The number of carbonyl (C=O) groups excluding carboxylic acids is 1. The first kappa shape index (κ1) is 14.5. The van der Waals surface area contributed by atoms with Crippen LogP contribution in [0.25, 0.3) is 0 Å². The molecule has 3 rings (SSSR count). The van der Waals surface area contributed by atoms with Crippen molar-refractivity contribution in [3.63, 3.8) is 0 Å². The first-order valence-electron chi connectivity index (χ1n) is 7.60. The molecule has 1 aromatic rings. The summed E-state index contributed by atoms with van der Waals surface area (Å²) in [6, 6.07) is 6.65. The SMILES string of the molecule is O=C1OCCC1N1CCCN(Cc2ccc(F)cc2)CC1. The van der Waals surface area contributed by atoms with Gasteiger partial charge < -0.3 is 4.74 Å². The number of ether oxygens (including phenoxy) is 1. The lowest BCUT2D eigenvalue weighted by Gasteiger charge is -2.24. The lowest BCUT2D eigenvalue weighted by Crippen LogP contribution is -2.40. The number of halogens is 1. The van der Waals surface area contributed by atoms with Crippen molar-refractivity contribution in [1.82, 2.24) is 9.80 Å². The second-order valence-electron chi connectivity index (χ2n) is 5.76. The molecule has 114 valence electrons. The van der Waals surface area contributed by atoms with E-state index >= 15 is 0 Å². The van der Waals surface area contributed by atoms with E-state index in [-0.39, 0.29) is 17.8 Å². The van der Waals surface area contributed by atoms with Gasteiger partial charge in [-0.25, -0.2) is 4.39 Å². The molecule has 4 nitrogen and oxygen atoms in total. The highest BCUT2D eigenvalue weighted by Crippen LogP contribution is 2.17. The molecule has 0 radical (unpaired) electrons. The Labute approximate surface area is 124 Å². The molecule has 5 heteroatoms. The summed E-state index contributed by atoms with van der Waals surface area (Å²) in [4.78, 5) is 16.3. The lowest BCUT2D eigenvalue weighted by molar-refractivity contribution is -0.142. The van der Waals surface area contributed by atoms with Gasteiger partial charge in [0.05, 0.1) is 6.61 Å². The molecular weight excluding hydrogens is 271 g/mol. The fourth-order valence-corrected chi connectivity index (χ4v) is 3.13. The van der Waals surface area contributed by atoms with Crippen molar-refractivity contribution in [3.8, 4) is 0 Å². The predicted molar refractivity (Wildman–Crippen MR) is 77.2 cm³/mol. The van der Waals surface area contributed by atoms with Crippen molar-refractivity contribution in [2.24, 2.45) is 0 Å². The number of esters is 1. The molecule has 2 saturated heterocycles. The molecule has 2 fully saturated rings. The molecule has 1 aromatic carbocycles. The summed E-state index contributed by atoms with van der Waals surface area (Å²) >= 11 is 0. The Bertz CT molecular complexity index is 492. The lowest BCUT2D eigenvalue weighted by atomic mass is 10.2. The largest absolute Gasteiger partial charge is 0.464 e. The molecule has 0 bridgehead atoms. The van der Waals surface area contributed by atoms with Gasteiger partial charge in [0.2, 0.25) is 0 Å². The molecule has 21 heavy (non-hydrogen) atoms. The molecule has 1 unspecified atom stereocenters. The molecule has 0 saturated carbocycles. The van der Waals surface area contributed by atoms with Crippen LogP contribution in [-0.2, 0) is 16.1 Å². The van der Waals surface area contributed by atoms with Gasteiger partial charge in [0, 0.05) is 32.6 Å². The van der Waals surface area contributed by atoms with Gasteiger partial charge in [-0.05, 0) is 30.7 Å². The van der Waals surface area contributed by atoms with Crippen LogP contribution in [-0.4, -0.2) is 54.6 Å². The Morgan fingerprint density at radius 1 is 1.14 bits per heavy atom. The van der Waals surface area contributed by atoms with E-state index in [1.165, 1.54) is 12.1 Å². The fraction of sp³-hybridized carbons (Fsp3) is 0.562. The van der Waals surface area contributed by atoms with E-state index in [9.17, 15) is 9.18 Å². The normalized spacial score (nSPS) is 24.8. The van der Waals surface area contributed by atoms with E-state index in [1.807, 2.05) is 12.1 Å². The molecule has 0 aromatic heterocycles. The van der Waals surface area contributed by atoms with Crippen LogP contribution < -0.4 is 0 Å². The molecule has 1 atom stereocenters. The molecule has 0 N–H and O–H groups in total. The van der Waals surface area contributed by atoms with Crippen LogP contribution in [0.5, 0.6) is 0 Å². The third-order valence-electron chi connectivity index (χ3n) is 4.29. The summed E-state index contributed by atoms with van der Waals surface area (Å²) in [5, 5.41) is 0. The Morgan fingerprint density at radius 3 is 2.67 bits per heavy atom. The van der Waals surface area contributed by atoms with Gasteiger partial charge in [-0.3, -0.25) is 14.6 Å². The Morgan fingerprint density at radius 2 is 1.95 bits per heavy atom. The first-order chi connectivity index (χ1) is 10.2. The van der Waals surface area contributed by atoms with E-state index in [0.717, 1.165) is 51.1 Å². The van der Waals surface area contributed by atoms with Gasteiger partial charge >= 0.3 is 5.97 Å². The van der Waals surface area contributed by atoms with Crippen molar-refractivity contribution < 1.29 is 13.9 Å². The zero-order valence-electron chi connectivity index (χ0n) is 12.1. The number of carbonyl (C=O) groups is 1. The second-order valence-corrected chi connectivity index (χ2v) is 5.76. The highest BCUT2D eigenvalue weighted by atomic mass is 19.1. The van der Waals surface area contributed by atoms with E-state index in [2.05, 4.69) is 9.80 Å². The summed E-state index contributed by atoms with van der Waals surface area (Å²) in [7, 11) is 0. The van der Waals surface area contributed by atoms with Crippen molar-refractivity contribution in [1.29, 1.82) is 0 Å². The second kappa shape index (κ2) is 6.54. The van der Waals surface area contributed by atoms with E-state index in [0.29, 0.717) is 6.61 Å². The van der Waals surface area contributed by atoms with Crippen LogP contribution in [0.2, 0.25) is 0 Å². The van der Waals surface area contributed by atoms with E-state index in [1.54, 1.807) is 0 Å². The van der Waals surface area contributed by atoms with Crippen LogP contribution in [0.3, 0.4) is 0 Å². The number of cyclic esters (lactones) is 1. The highest BCUT2D eigenvalue weighted by molar-refractivity contribution is 5.77. The van der Waals surface area contributed by atoms with Crippen LogP contribution in [0.15, 0.2) is 24.3 Å². The number of nitrogens with zero attached hydrogens (tertiary/aromatic N) is 2.